The van der Waals surface area contributed by atoms with E-state index in [1.54, 1.807) is 0 Å². The van der Waals surface area contributed by atoms with Gasteiger partial charge in [-0.15, -0.1) is 0 Å². The third-order valence-electron chi connectivity index (χ3n) is 5.48. The Bertz CT molecular complexity index is 1420. The summed E-state index contributed by atoms with van der Waals surface area (Å²) in [6.07, 6.45) is 2.06. The van der Waals surface area contributed by atoms with Crippen LogP contribution in [0.25, 0.3) is 49.2 Å². The summed E-state index contributed by atoms with van der Waals surface area (Å²) >= 11 is 0. The molecule has 3 nitrogen and oxygen atoms in total. The van der Waals surface area contributed by atoms with Crippen molar-refractivity contribution in [2.45, 2.75) is 6.92 Å². The van der Waals surface area contributed by atoms with Crippen molar-refractivity contribution in [2.75, 3.05) is 0 Å². The third-order valence-corrected chi connectivity index (χ3v) is 5.48. The van der Waals surface area contributed by atoms with Gasteiger partial charge in [0.05, 0.1) is 6.57 Å². The van der Waals surface area contributed by atoms with Gasteiger partial charge in [-0.2, -0.15) is 0 Å². The van der Waals surface area contributed by atoms with Crippen LogP contribution in [0.4, 0.5) is 5.69 Å². The average Bonchev–Trinajstić information content (AvgIpc) is 3.10. The molecule has 5 rings (SSSR count). The summed E-state index contributed by atoms with van der Waals surface area (Å²) in [5.41, 5.74) is 7.57. The van der Waals surface area contributed by atoms with Gasteiger partial charge in [-0.25, -0.2) is 9.41 Å². The Morgan fingerprint density at radius 3 is 2.45 bits per heavy atom. The first kappa shape index (κ1) is 17.2. The largest absolute Gasteiger partial charge is 0.457 e. The predicted octanol–water partition coefficient (Wildman–Crippen LogP) is 6.60. The summed E-state index contributed by atoms with van der Waals surface area (Å²) in [6.45, 7) is 9.74. The molecule has 0 unspecified atom stereocenters. The van der Waals surface area contributed by atoms with E-state index in [1.165, 1.54) is 5.56 Å². The summed E-state index contributed by atoms with van der Waals surface area (Å²) in [4.78, 5) is 3.75. The predicted molar refractivity (Wildman–Crippen MR) is 117 cm³/mol. The number of furan rings is 1. The zero-order chi connectivity index (χ0) is 20.0. The van der Waals surface area contributed by atoms with E-state index in [2.05, 4.69) is 53.8 Å². The molecule has 29 heavy (non-hydrogen) atoms. The van der Waals surface area contributed by atoms with Gasteiger partial charge in [-0.05, 0) is 36.2 Å². The lowest BCUT2D eigenvalue weighted by atomic mass is 9.98. The number of rotatable bonds is 2. The number of hydrogen-bond donors (Lipinski definition) is 0. The van der Waals surface area contributed by atoms with Gasteiger partial charge in [0.15, 0.2) is 11.9 Å². The smallest absolute Gasteiger partial charge is 0.212 e. The van der Waals surface area contributed by atoms with Crippen LogP contribution in [0.2, 0.25) is 0 Å². The molecule has 3 aromatic carbocycles. The minimum absolute atomic E-state index is 0.606. The second kappa shape index (κ2) is 6.61. The van der Waals surface area contributed by atoms with Gasteiger partial charge in [0.2, 0.25) is 5.69 Å². The van der Waals surface area contributed by atoms with Gasteiger partial charge in [-0.3, -0.25) is 0 Å². The molecule has 138 valence electrons. The highest BCUT2D eigenvalue weighted by molar-refractivity contribution is 6.13. The van der Waals surface area contributed by atoms with Crippen LogP contribution in [0, 0.1) is 13.5 Å². The first-order valence-corrected chi connectivity index (χ1v) is 9.55. The Morgan fingerprint density at radius 2 is 1.69 bits per heavy atom. The average molecular weight is 375 g/mol. The fourth-order valence-electron chi connectivity index (χ4n) is 4.03. The third kappa shape index (κ3) is 2.69. The Hall–Kier alpha value is -3.90. The molecule has 0 saturated heterocycles. The summed E-state index contributed by atoms with van der Waals surface area (Å²) in [5, 5.41) is 2.10. The molecule has 2 aromatic heterocycles. The van der Waals surface area contributed by atoms with Crippen LogP contribution in [0.3, 0.4) is 0 Å². The van der Waals surface area contributed by atoms with E-state index >= 15 is 0 Å². The first-order valence-electron chi connectivity index (χ1n) is 9.55. The van der Waals surface area contributed by atoms with E-state index in [0.717, 1.165) is 44.3 Å². The van der Waals surface area contributed by atoms with Gasteiger partial charge >= 0.3 is 0 Å². The minimum Gasteiger partial charge on any atom is -0.457 e. The molecule has 0 spiro atoms. The van der Waals surface area contributed by atoms with E-state index in [-0.39, 0.29) is 0 Å². The minimum atomic E-state index is 0.606. The lowest BCUT2D eigenvalue weighted by molar-refractivity contribution is -0.660. The van der Waals surface area contributed by atoms with Gasteiger partial charge in [0.1, 0.15) is 18.2 Å². The highest BCUT2D eigenvalue weighted by Gasteiger charge is 2.19. The van der Waals surface area contributed by atoms with Crippen LogP contribution < -0.4 is 4.57 Å². The maximum atomic E-state index is 7.63. The number of aryl methyl sites for hydroxylation is 2. The molecule has 0 saturated carbocycles. The summed E-state index contributed by atoms with van der Waals surface area (Å²) in [7, 11) is 2.06. The molecule has 0 bridgehead atoms. The van der Waals surface area contributed by atoms with Crippen LogP contribution in [0.1, 0.15) is 5.56 Å². The molecular weight excluding hydrogens is 356 g/mol. The molecule has 0 N–H and O–H groups in total. The molecule has 3 heteroatoms. The van der Waals surface area contributed by atoms with E-state index < -0.39 is 0 Å². The molecule has 0 radical (unpaired) electrons. The zero-order valence-electron chi connectivity index (χ0n) is 16.3. The summed E-state index contributed by atoms with van der Waals surface area (Å²) in [5.74, 6) is 0. The number of aromatic nitrogens is 1. The maximum Gasteiger partial charge on any atom is 0.212 e. The molecule has 0 aliphatic rings. The summed E-state index contributed by atoms with van der Waals surface area (Å²) < 4.78 is 8.46. The quantitative estimate of drug-likeness (QED) is 0.251. The number of nitrogens with zero attached hydrogens (tertiary/aromatic N) is 2. The van der Waals surface area contributed by atoms with Crippen LogP contribution in [0.5, 0.6) is 0 Å². The van der Waals surface area contributed by atoms with Crippen molar-refractivity contribution in [1.29, 1.82) is 0 Å². The van der Waals surface area contributed by atoms with Crippen molar-refractivity contribution in [1.82, 2.24) is 0 Å². The SMILES string of the molecule is [C-]#[N+]c1ccc2c(oc3cc(C)c(-c4cccc[n+]4C)cc32)c1-c1ccccc1. The van der Waals surface area contributed by atoms with E-state index in [1.807, 2.05) is 48.5 Å². The van der Waals surface area contributed by atoms with E-state index in [9.17, 15) is 0 Å². The zero-order valence-corrected chi connectivity index (χ0v) is 16.3. The number of hydrogen-bond acceptors (Lipinski definition) is 1. The molecule has 0 atom stereocenters. The molecule has 2 heterocycles. The standard InChI is InChI=1S/C26H19N2O/c1-17-15-24-21(16-20(17)23-11-7-8-14-28(23)3)19-12-13-22(27-2)25(26(19)29-24)18-9-5-4-6-10-18/h4-16H,1,3H3/q+1. The Balaban J connectivity index is 1.86. The van der Waals surface area contributed by atoms with Crippen LogP contribution >= 0.6 is 0 Å². The molecular formula is C26H19N2O+. The van der Waals surface area contributed by atoms with Gasteiger partial charge in [0.25, 0.3) is 0 Å². The number of pyridine rings is 1. The molecule has 0 fully saturated rings. The fraction of sp³-hybridized carbons (Fsp3) is 0.0769. The summed E-state index contributed by atoms with van der Waals surface area (Å²) in [6, 6.07) is 24.4. The molecule has 0 aliphatic carbocycles. The van der Waals surface area contributed by atoms with E-state index in [4.69, 9.17) is 11.0 Å². The fourth-order valence-corrected chi connectivity index (χ4v) is 4.03. The second-order valence-corrected chi connectivity index (χ2v) is 7.28. The molecule has 0 amide bonds. The second-order valence-electron chi connectivity index (χ2n) is 7.28. The van der Waals surface area contributed by atoms with Gasteiger partial charge < -0.3 is 4.42 Å². The number of benzene rings is 3. The van der Waals surface area contributed by atoms with Crippen molar-refractivity contribution in [3.63, 3.8) is 0 Å². The van der Waals surface area contributed by atoms with Crippen molar-refractivity contribution < 1.29 is 8.98 Å². The topological polar surface area (TPSA) is 21.4 Å². The highest BCUT2D eigenvalue weighted by Crippen LogP contribution is 2.42. The van der Waals surface area contributed by atoms with Crippen LogP contribution in [-0.2, 0) is 7.05 Å². The lowest BCUT2D eigenvalue weighted by Gasteiger charge is -2.05. The van der Waals surface area contributed by atoms with Crippen molar-refractivity contribution >= 4 is 27.6 Å². The van der Waals surface area contributed by atoms with Gasteiger partial charge in [0, 0.05) is 34.0 Å². The van der Waals surface area contributed by atoms with Crippen molar-refractivity contribution in [2.24, 2.45) is 7.05 Å². The van der Waals surface area contributed by atoms with Crippen molar-refractivity contribution in [3.8, 4) is 22.4 Å². The first-order chi connectivity index (χ1) is 14.2. The maximum absolute atomic E-state index is 7.63. The molecule has 0 aliphatic heterocycles. The lowest BCUT2D eigenvalue weighted by Crippen LogP contribution is -2.30. The highest BCUT2D eigenvalue weighted by atomic mass is 16.3. The van der Waals surface area contributed by atoms with Crippen LogP contribution in [0.15, 0.2) is 83.4 Å². The molecule has 5 aromatic rings. The monoisotopic (exact) mass is 375 g/mol. The Kier molecular flexibility index (Phi) is 3.93. The van der Waals surface area contributed by atoms with Crippen molar-refractivity contribution in [3.05, 3.63) is 96.0 Å². The Labute approximate surface area is 169 Å². The normalized spacial score (nSPS) is 11.1. The van der Waals surface area contributed by atoms with E-state index in [0.29, 0.717) is 5.69 Å². The number of fused-ring (bicyclic) bond motifs is 3. The van der Waals surface area contributed by atoms with Crippen LogP contribution in [-0.4, -0.2) is 0 Å². The van der Waals surface area contributed by atoms with Gasteiger partial charge in [-0.1, -0.05) is 42.5 Å². The Morgan fingerprint density at radius 1 is 0.897 bits per heavy atom.